The lowest BCUT2D eigenvalue weighted by Crippen LogP contribution is -2.47. The highest BCUT2D eigenvalue weighted by Crippen LogP contribution is 2.34. The Bertz CT molecular complexity index is 579. The number of benzene rings is 1. The van der Waals surface area contributed by atoms with Gasteiger partial charge >= 0.3 is 0 Å². The normalized spacial score (nSPS) is 26.7. The first-order valence-corrected chi connectivity index (χ1v) is 9.24. The highest BCUT2D eigenvalue weighted by atomic mass is 16.5. The van der Waals surface area contributed by atoms with Gasteiger partial charge in [-0.05, 0) is 42.2 Å². The van der Waals surface area contributed by atoms with Gasteiger partial charge in [-0.2, -0.15) is 0 Å². The van der Waals surface area contributed by atoms with Gasteiger partial charge in [0.25, 0.3) is 0 Å². The van der Waals surface area contributed by atoms with Crippen molar-refractivity contribution in [3.63, 3.8) is 0 Å². The largest absolute Gasteiger partial charge is 0.373 e. The molecule has 0 spiro atoms. The van der Waals surface area contributed by atoms with Gasteiger partial charge in [0, 0.05) is 13.6 Å². The monoisotopic (exact) mass is 329 g/mol. The van der Waals surface area contributed by atoms with Crippen molar-refractivity contribution in [2.45, 2.75) is 76.7 Å². The average Bonchev–Trinajstić information content (AvgIpc) is 3.21. The number of hydrogen-bond donors (Lipinski definition) is 2. The maximum atomic E-state index is 5.90. The third-order valence-corrected chi connectivity index (χ3v) is 5.73. The third kappa shape index (κ3) is 3.75. The first-order valence-electron chi connectivity index (χ1n) is 9.24. The molecule has 1 aromatic carbocycles. The first kappa shape index (κ1) is 17.3. The molecule has 0 saturated carbocycles. The lowest BCUT2D eigenvalue weighted by atomic mass is 9.82. The number of hydrogen-bond acceptors (Lipinski definition) is 2. The number of rotatable bonds is 5. The average molecular weight is 329 g/mol. The minimum absolute atomic E-state index is 0.241. The molecular weight excluding hydrogens is 298 g/mol. The van der Waals surface area contributed by atoms with E-state index in [1.165, 1.54) is 24.0 Å². The first-order chi connectivity index (χ1) is 11.5. The predicted molar refractivity (Wildman–Crippen MR) is 99.4 cm³/mol. The van der Waals surface area contributed by atoms with Crippen molar-refractivity contribution >= 4 is 5.96 Å². The van der Waals surface area contributed by atoms with Gasteiger partial charge in [0.1, 0.15) is 0 Å². The van der Waals surface area contributed by atoms with Crippen molar-refractivity contribution in [3.05, 3.63) is 35.4 Å². The van der Waals surface area contributed by atoms with Crippen LogP contribution in [-0.4, -0.2) is 31.3 Å². The Morgan fingerprint density at radius 3 is 2.54 bits per heavy atom. The van der Waals surface area contributed by atoms with Gasteiger partial charge in [0.05, 0.1) is 18.2 Å². The van der Waals surface area contributed by atoms with E-state index in [9.17, 15) is 0 Å². The Balaban J connectivity index is 1.52. The fourth-order valence-electron chi connectivity index (χ4n) is 3.62. The molecule has 3 unspecified atom stereocenters. The van der Waals surface area contributed by atoms with Crippen molar-refractivity contribution in [2.75, 3.05) is 7.05 Å². The molecule has 132 valence electrons. The van der Waals surface area contributed by atoms with Gasteiger partial charge in [0.2, 0.25) is 0 Å². The van der Waals surface area contributed by atoms with E-state index in [2.05, 4.69) is 60.7 Å². The van der Waals surface area contributed by atoms with E-state index >= 15 is 0 Å². The summed E-state index contributed by atoms with van der Waals surface area (Å²) in [5.41, 5.74) is 2.92. The highest BCUT2D eigenvalue weighted by molar-refractivity contribution is 5.80. The molecule has 2 heterocycles. The molecule has 2 fully saturated rings. The Morgan fingerprint density at radius 1 is 1.25 bits per heavy atom. The molecular formula is C20H31N3O. The van der Waals surface area contributed by atoms with Gasteiger partial charge in [0.15, 0.2) is 5.96 Å². The summed E-state index contributed by atoms with van der Waals surface area (Å²) < 4.78 is 5.90. The minimum atomic E-state index is 0.241. The van der Waals surface area contributed by atoms with Crippen molar-refractivity contribution in [3.8, 4) is 0 Å². The summed E-state index contributed by atoms with van der Waals surface area (Å²) in [6.07, 6.45) is 5.46. The molecule has 0 radical (unpaired) electrons. The molecule has 2 N–H and O–H groups in total. The van der Waals surface area contributed by atoms with Crippen LogP contribution in [0.15, 0.2) is 29.3 Å². The summed E-state index contributed by atoms with van der Waals surface area (Å²) >= 11 is 0. The van der Waals surface area contributed by atoms with Crippen LogP contribution in [0, 0.1) is 0 Å². The van der Waals surface area contributed by atoms with E-state index in [4.69, 9.17) is 4.74 Å². The molecule has 1 aromatic rings. The lowest BCUT2D eigenvalue weighted by molar-refractivity contribution is 0.0992. The van der Waals surface area contributed by atoms with Crippen LogP contribution in [0.3, 0.4) is 0 Å². The summed E-state index contributed by atoms with van der Waals surface area (Å²) in [5.74, 6) is 0.870. The minimum Gasteiger partial charge on any atom is -0.373 e. The summed E-state index contributed by atoms with van der Waals surface area (Å²) in [4.78, 5) is 4.36. The summed E-state index contributed by atoms with van der Waals surface area (Å²) in [5, 5.41) is 6.95. The van der Waals surface area contributed by atoms with Crippen LogP contribution in [0.25, 0.3) is 0 Å². The second kappa shape index (κ2) is 7.14. The lowest BCUT2D eigenvalue weighted by Gasteiger charge is -2.24. The quantitative estimate of drug-likeness (QED) is 0.643. The van der Waals surface area contributed by atoms with Crippen molar-refractivity contribution < 1.29 is 4.74 Å². The molecule has 2 aliphatic rings. The number of fused-ring (bicyclic) bond motifs is 2. The van der Waals surface area contributed by atoms with E-state index in [1.54, 1.807) is 0 Å². The zero-order valence-corrected chi connectivity index (χ0v) is 15.4. The molecule has 0 aliphatic carbocycles. The van der Waals surface area contributed by atoms with E-state index in [0.29, 0.717) is 18.2 Å². The Hall–Kier alpha value is -1.55. The van der Waals surface area contributed by atoms with Crippen LogP contribution in [0.2, 0.25) is 0 Å². The highest BCUT2D eigenvalue weighted by Gasteiger charge is 2.41. The topological polar surface area (TPSA) is 45.7 Å². The third-order valence-electron chi connectivity index (χ3n) is 5.73. The molecule has 4 nitrogen and oxygen atoms in total. The van der Waals surface area contributed by atoms with Gasteiger partial charge in [-0.3, -0.25) is 4.99 Å². The van der Waals surface area contributed by atoms with E-state index in [-0.39, 0.29) is 5.41 Å². The fraction of sp³-hybridized carbons (Fsp3) is 0.650. The second-order valence-electron chi connectivity index (χ2n) is 7.72. The number of guanidine groups is 1. The van der Waals surface area contributed by atoms with Crippen LogP contribution in [0.1, 0.15) is 57.6 Å². The van der Waals surface area contributed by atoms with E-state index in [1.807, 2.05) is 7.05 Å². The zero-order valence-electron chi connectivity index (χ0n) is 15.4. The number of nitrogens with one attached hydrogen (secondary N) is 2. The van der Waals surface area contributed by atoms with Crippen LogP contribution in [0.4, 0.5) is 0 Å². The fourth-order valence-corrected chi connectivity index (χ4v) is 3.62. The Labute approximate surface area is 146 Å². The second-order valence-corrected chi connectivity index (χ2v) is 7.72. The molecule has 24 heavy (non-hydrogen) atoms. The van der Waals surface area contributed by atoms with Crippen LogP contribution >= 0.6 is 0 Å². The van der Waals surface area contributed by atoms with E-state index < -0.39 is 0 Å². The molecule has 0 amide bonds. The van der Waals surface area contributed by atoms with Crippen LogP contribution in [-0.2, 0) is 16.7 Å². The Morgan fingerprint density at radius 2 is 2.00 bits per heavy atom. The molecule has 4 heteroatoms. The zero-order chi connectivity index (χ0) is 17.2. The van der Waals surface area contributed by atoms with Gasteiger partial charge in [-0.15, -0.1) is 0 Å². The maximum absolute atomic E-state index is 5.90. The van der Waals surface area contributed by atoms with Crippen molar-refractivity contribution in [1.29, 1.82) is 0 Å². The Kier molecular flexibility index (Phi) is 5.14. The van der Waals surface area contributed by atoms with Gasteiger partial charge < -0.3 is 15.4 Å². The number of aliphatic imine (C=N–C) groups is 1. The van der Waals surface area contributed by atoms with E-state index in [0.717, 1.165) is 25.3 Å². The number of ether oxygens (including phenoxy) is 1. The van der Waals surface area contributed by atoms with Crippen LogP contribution in [0.5, 0.6) is 0 Å². The molecule has 3 rings (SSSR count). The smallest absolute Gasteiger partial charge is 0.191 e. The summed E-state index contributed by atoms with van der Waals surface area (Å²) in [7, 11) is 1.83. The SMILES string of the molecule is CCC(C)(C)c1ccc(CNC(=NC)NC2CC3CCC2O3)cc1. The molecule has 3 atom stereocenters. The van der Waals surface area contributed by atoms with Crippen LogP contribution < -0.4 is 10.6 Å². The van der Waals surface area contributed by atoms with Crippen molar-refractivity contribution in [1.82, 2.24) is 10.6 Å². The summed E-state index contributed by atoms with van der Waals surface area (Å²) in [6.45, 7) is 7.62. The molecule has 0 aromatic heterocycles. The van der Waals surface area contributed by atoms with Crippen molar-refractivity contribution in [2.24, 2.45) is 4.99 Å². The van der Waals surface area contributed by atoms with Gasteiger partial charge in [-0.25, -0.2) is 0 Å². The molecule has 2 bridgehead atoms. The number of nitrogens with zero attached hydrogens (tertiary/aromatic N) is 1. The standard InChI is InChI=1S/C20H31N3O/c1-5-20(2,3)15-8-6-14(7-9-15)13-22-19(21-4)23-17-12-16-10-11-18(17)24-16/h6-9,16-18H,5,10-13H2,1-4H3,(H2,21,22,23). The summed E-state index contributed by atoms with van der Waals surface area (Å²) in [6, 6.07) is 9.34. The molecule has 2 saturated heterocycles. The van der Waals surface area contributed by atoms with Gasteiger partial charge in [-0.1, -0.05) is 45.0 Å². The predicted octanol–water partition coefficient (Wildman–Crippen LogP) is 3.36. The molecule has 2 aliphatic heterocycles. The maximum Gasteiger partial charge on any atom is 0.191 e.